The number of thioether (sulfide) groups is 1. The van der Waals surface area contributed by atoms with Crippen molar-refractivity contribution in [2.24, 2.45) is 16.8 Å². The van der Waals surface area contributed by atoms with Crippen LogP contribution in [0.5, 0.6) is 0 Å². The highest BCUT2D eigenvalue weighted by Gasteiger charge is 2.49. The molecule has 0 amide bonds. The smallest absolute Gasteiger partial charge is 0.195 e. The second-order valence-corrected chi connectivity index (χ2v) is 8.14. The lowest BCUT2D eigenvalue weighted by Gasteiger charge is -2.33. The first-order chi connectivity index (χ1) is 10.3. The average Bonchev–Trinajstić information content (AvgIpc) is 2.77. The van der Waals surface area contributed by atoms with E-state index in [-0.39, 0.29) is 5.25 Å². The molecule has 0 saturated heterocycles. The monoisotopic (exact) mass is 321 g/mol. The van der Waals surface area contributed by atoms with E-state index < -0.39 is 11.8 Å². The number of rotatable bonds is 6. The third-order valence-corrected chi connectivity index (χ3v) is 5.27. The molecular weight excluding hydrogens is 294 g/mol. The third kappa shape index (κ3) is 3.92. The number of aliphatic hydroxyl groups is 2. The molecule has 0 aromatic heterocycles. The molecule has 0 unspecified atom stereocenters. The first-order valence-electron chi connectivity index (χ1n) is 8.05. The van der Waals surface area contributed by atoms with Crippen molar-refractivity contribution in [2.45, 2.75) is 57.6 Å². The summed E-state index contributed by atoms with van der Waals surface area (Å²) in [6, 6.07) is 9.91. The van der Waals surface area contributed by atoms with E-state index in [2.05, 4.69) is 18.8 Å². The summed E-state index contributed by atoms with van der Waals surface area (Å²) in [5, 5.41) is 22.4. The van der Waals surface area contributed by atoms with E-state index in [0.717, 1.165) is 17.0 Å². The summed E-state index contributed by atoms with van der Waals surface area (Å²) >= 11 is 1.59. The SMILES string of the molecule is CC(C)C[C@H](O)[C@@]1(O)N=C(c2ccccc2)S[C@@H]1CC(C)C. The van der Waals surface area contributed by atoms with Crippen molar-refractivity contribution in [1.82, 2.24) is 0 Å². The molecule has 0 saturated carbocycles. The minimum Gasteiger partial charge on any atom is -0.388 e. The van der Waals surface area contributed by atoms with Gasteiger partial charge in [-0.25, -0.2) is 4.99 Å². The molecule has 3 atom stereocenters. The molecular formula is C18H27NO2S. The maximum Gasteiger partial charge on any atom is 0.195 e. The highest BCUT2D eigenvalue weighted by molar-refractivity contribution is 8.15. The quantitative estimate of drug-likeness (QED) is 0.840. The topological polar surface area (TPSA) is 52.8 Å². The largest absolute Gasteiger partial charge is 0.388 e. The number of benzene rings is 1. The Labute approximate surface area is 137 Å². The van der Waals surface area contributed by atoms with Gasteiger partial charge in [0.2, 0.25) is 0 Å². The van der Waals surface area contributed by atoms with Crippen LogP contribution in [0.3, 0.4) is 0 Å². The molecule has 22 heavy (non-hydrogen) atoms. The van der Waals surface area contributed by atoms with Gasteiger partial charge >= 0.3 is 0 Å². The summed E-state index contributed by atoms with van der Waals surface area (Å²) < 4.78 is 0. The Morgan fingerprint density at radius 2 is 1.77 bits per heavy atom. The molecule has 122 valence electrons. The summed E-state index contributed by atoms with van der Waals surface area (Å²) in [5.41, 5.74) is -0.376. The molecule has 0 aliphatic carbocycles. The van der Waals surface area contributed by atoms with E-state index in [1.165, 1.54) is 0 Å². The van der Waals surface area contributed by atoms with E-state index in [1.54, 1.807) is 11.8 Å². The Hall–Kier alpha value is -0.840. The predicted molar refractivity (Wildman–Crippen MR) is 94.2 cm³/mol. The van der Waals surface area contributed by atoms with Crippen molar-refractivity contribution in [1.29, 1.82) is 0 Å². The summed E-state index contributed by atoms with van der Waals surface area (Å²) in [6.07, 6.45) is 0.554. The van der Waals surface area contributed by atoms with Crippen LogP contribution in [0.15, 0.2) is 35.3 Å². The van der Waals surface area contributed by atoms with Crippen LogP contribution in [0.2, 0.25) is 0 Å². The van der Waals surface area contributed by atoms with Crippen LogP contribution in [0.4, 0.5) is 0 Å². The Kier molecular flexibility index (Phi) is 5.70. The summed E-state index contributed by atoms with van der Waals surface area (Å²) in [5.74, 6) is 0.764. The van der Waals surface area contributed by atoms with Gasteiger partial charge in [0.1, 0.15) is 11.1 Å². The summed E-state index contributed by atoms with van der Waals surface area (Å²) in [7, 11) is 0. The van der Waals surface area contributed by atoms with Gasteiger partial charge in [0.25, 0.3) is 0 Å². The van der Waals surface area contributed by atoms with Crippen molar-refractivity contribution in [3.8, 4) is 0 Å². The maximum absolute atomic E-state index is 11.1. The van der Waals surface area contributed by atoms with Gasteiger partial charge < -0.3 is 10.2 Å². The highest BCUT2D eigenvalue weighted by Crippen LogP contribution is 2.42. The van der Waals surface area contributed by atoms with Crippen LogP contribution >= 0.6 is 11.8 Å². The Balaban J connectivity index is 2.30. The zero-order valence-corrected chi connectivity index (χ0v) is 14.7. The van der Waals surface area contributed by atoms with E-state index in [9.17, 15) is 10.2 Å². The van der Waals surface area contributed by atoms with Crippen molar-refractivity contribution >= 4 is 16.8 Å². The molecule has 1 aromatic carbocycles. The summed E-state index contributed by atoms with van der Waals surface area (Å²) in [6.45, 7) is 8.37. The molecule has 1 aliphatic rings. The molecule has 1 heterocycles. The first kappa shape index (κ1) is 17.5. The molecule has 4 heteroatoms. The second-order valence-electron chi connectivity index (χ2n) is 6.95. The molecule has 0 radical (unpaired) electrons. The Morgan fingerprint density at radius 1 is 1.14 bits per heavy atom. The van der Waals surface area contributed by atoms with Gasteiger partial charge in [0, 0.05) is 5.56 Å². The second kappa shape index (κ2) is 7.16. The molecule has 0 bridgehead atoms. The summed E-state index contributed by atoms with van der Waals surface area (Å²) in [4.78, 5) is 4.56. The van der Waals surface area contributed by atoms with E-state index in [4.69, 9.17) is 0 Å². The lowest BCUT2D eigenvalue weighted by molar-refractivity contribution is -0.0774. The minimum absolute atomic E-state index is 0.101. The fraction of sp³-hybridized carbons (Fsp3) is 0.611. The van der Waals surface area contributed by atoms with Gasteiger partial charge in [-0.05, 0) is 24.7 Å². The molecule has 1 aromatic rings. The Morgan fingerprint density at radius 3 is 2.32 bits per heavy atom. The molecule has 1 aliphatic heterocycles. The number of aliphatic imine (C=N–C) groups is 1. The van der Waals surface area contributed by atoms with Crippen LogP contribution in [0.25, 0.3) is 0 Å². The van der Waals surface area contributed by atoms with Gasteiger partial charge in [0.05, 0.1) is 5.25 Å². The Bertz CT molecular complexity index is 515. The van der Waals surface area contributed by atoms with Crippen LogP contribution < -0.4 is 0 Å². The highest BCUT2D eigenvalue weighted by atomic mass is 32.2. The number of aliphatic hydroxyl groups excluding tert-OH is 1. The lowest BCUT2D eigenvalue weighted by atomic mass is 9.91. The molecule has 0 fully saturated rings. The van der Waals surface area contributed by atoms with E-state index in [1.807, 2.05) is 44.2 Å². The number of nitrogens with zero attached hydrogens (tertiary/aromatic N) is 1. The van der Waals surface area contributed by atoms with Crippen LogP contribution in [-0.2, 0) is 0 Å². The van der Waals surface area contributed by atoms with E-state index >= 15 is 0 Å². The van der Waals surface area contributed by atoms with Gasteiger partial charge in [-0.15, -0.1) is 0 Å². The minimum atomic E-state index is -1.38. The molecule has 2 N–H and O–H groups in total. The molecule has 2 rings (SSSR count). The van der Waals surface area contributed by atoms with Gasteiger partial charge in [-0.2, -0.15) is 0 Å². The van der Waals surface area contributed by atoms with Crippen molar-refractivity contribution in [2.75, 3.05) is 0 Å². The zero-order chi connectivity index (χ0) is 16.3. The maximum atomic E-state index is 11.1. The van der Waals surface area contributed by atoms with Crippen molar-refractivity contribution in [3.63, 3.8) is 0 Å². The zero-order valence-electron chi connectivity index (χ0n) is 13.9. The number of hydrogen-bond donors (Lipinski definition) is 2. The predicted octanol–water partition coefficient (Wildman–Crippen LogP) is 3.69. The van der Waals surface area contributed by atoms with Crippen molar-refractivity contribution in [3.05, 3.63) is 35.9 Å². The fourth-order valence-corrected chi connectivity index (χ4v) is 4.36. The van der Waals surface area contributed by atoms with Gasteiger partial charge in [-0.3, -0.25) is 0 Å². The first-order valence-corrected chi connectivity index (χ1v) is 8.93. The van der Waals surface area contributed by atoms with Crippen LogP contribution in [0, 0.1) is 11.8 Å². The normalized spacial score (nSPS) is 26.5. The van der Waals surface area contributed by atoms with Crippen LogP contribution in [-0.4, -0.2) is 32.3 Å². The average molecular weight is 321 g/mol. The third-order valence-electron chi connectivity index (χ3n) is 3.90. The van der Waals surface area contributed by atoms with Gasteiger partial charge in [-0.1, -0.05) is 69.8 Å². The van der Waals surface area contributed by atoms with Crippen molar-refractivity contribution < 1.29 is 10.2 Å². The fourth-order valence-electron chi connectivity index (χ4n) is 2.75. The van der Waals surface area contributed by atoms with Gasteiger partial charge in [0.15, 0.2) is 5.72 Å². The van der Waals surface area contributed by atoms with E-state index in [0.29, 0.717) is 18.3 Å². The molecule has 0 spiro atoms. The lowest BCUT2D eigenvalue weighted by Crippen LogP contribution is -2.48. The molecule has 3 nitrogen and oxygen atoms in total. The standard InChI is InChI=1S/C18H27NO2S/c1-12(2)10-15(20)18(21)16(11-13(3)4)22-17(19-18)14-8-6-5-7-9-14/h5-9,12-13,15-16,20-21H,10-11H2,1-4H3/t15-,16+,18-/m0/s1. The van der Waals surface area contributed by atoms with Crippen LogP contribution in [0.1, 0.15) is 46.1 Å². The number of hydrogen-bond acceptors (Lipinski definition) is 4.